The zero-order chi connectivity index (χ0) is 12.7. The predicted octanol–water partition coefficient (Wildman–Crippen LogP) is 1.44. The first-order valence-electron chi connectivity index (χ1n) is 6.40. The van der Waals surface area contributed by atoms with Crippen molar-refractivity contribution in [2.45, 2.75) is 13.0 Å². The van der Waals surface area contributed by atoms with Crippen molar-refractivity contribution in [3.05, 3.63) is 47.9 Å². The fraction of sp³-hybridized carbons (Fsp3) is 0.214. The van der Waals surface area contributed by atoms with Gasteiger partial charge in [0.1, 0.15) is 6.33 Å². The van der Waals surface area contributed by atoms with Crippen LogP contribution in [0.4, 0.5) is 0 Å². The second-order valence-electron chi connectivity index (χ2n) is 4.70. The van der Waals surface area contributed by atoms with Crippen molar-refractivity contribution >= 4 is 5.65 Å². The van der Waals surface area contributed by atoms with Crippen LogP contribution in [0.1, 0.15) is 11.1 Å². The van der Waals surface area contributed by atoms with Crippen LogP contribution in [0.5, 0.6) is 0 Å². The van der Waals surface area contributed by atoms with Crippen LogP contribution in [-0.4, -0.2) is 26.1 Å². The van der Waals surface area contributed by atoms with Crippen LogP contribution < -0.4 is 5.32 Å². The largest absolute Gasteiger partial charge is 0.312 e. The van der Waals surface area contributed by atoms with Crippen molar-refractivity contribution in [2.75, 3.05) is 6.54 Å². The van der Waals surface area contributed by atoms with Crippen LogP contribution in [-0.2, 0) is 13.0 Å². The highest BCUT2D eigenvalue weighted by Gasteiger charge is 2.17. The summed E-state index contributed by atoms with van der Waals surface area (Å²) in [5.74, 6) is 0.877. The minimum absolute atomic E-state index is 0.830. The third-order valence-corrected chi connectivity index (χ3v) is 3.60. The number of benzene rings is 1. The maximum absolute atomic E-state index is 4.33. The number of nitrogens with zero attached hydrogens (tertiary/aromatic N) is 4. The Morgan fingerprint density at radius 2 is 2.16 bits per heavy atom. The van der Waals surface area contributed by atoms with Gasteiger partial charge in [-0.3, -0.25) is 4.40 Å². The lowest BCUT2D eigenvalue weighted by Gasteiger charge is -2.19. The Labute approximate surface area is 110 Å². The van der Waals surface area contributed by atoms with Gasteiger partial charge in [0.05, 0.1) is 0 Å². The summed E-state index contributed by atoms with van der Waals surface area (Å²) in [6.45, 7) is 1.94. The first-order chi connectivity index (χ1) is 9.43. The number of nitrogens with one attached hydrogen (secondary N) is 1. The second-order valence-corrected chi connectivity index (χ2v) is 4.70. The van der Waals surface area contributed by atoms with E-state index in [2.05, 4.69) is 38.7 Å². The SMILES string of the molecule is c1cc2c(c(-c3nnc4ccncn34)c1)CCNC2. The van der Waals surface area contributed by atoms with Gasteiger partial charge in [0, 0.05) is 24.4 Å². The molecule has 0 amide bonds. The molecule has 1 aliphatic rings. The Kier molecular flexibility index (Phi) is 2.31. The van der Waals surface area contributed by atoms with Crippen molar-refractivity contribution in [2.24, 2.45) is 0 Å². The average Bonchev–Trinajstić information content (AvgIpc) is 2.90. The zero-order valence-electron chi connectivity index (χ0n) is 10.4. The van der Waals surface area contributed by atoms with Crippen LogP contribution >= 0.6 is 0 Å². The highest BCUT2D eigenvalue weighted by molar-refractivity contribution is 5.65. The van der Waals surface area contributed by atoms with E-state index in [0.717, 1.165) is 31.0 Å². The maximum Gasteiger partial charge on any atom is 0.169 e. The van der Waals surface area contributed by atoms with E-state index >= 15 is 0 Å². The molecule has 1 N–H and O–H groups in total. The molecule has 4 rings (SSSR count). The summed E-state index contributed by atoms with van der Waals surface area (Å²) >= 11 is 0. The molecule has 0 radical (unpaired) electrons. The van der Waals surface area contributed by atoms with Gasteiger partial charge in [0.15, 0.2) is 11.5 Å². The van der Waals surface area contributed by atoms with Crippen LogP contribution in [0.15, 0.2) is 36.8 Å². The van der Waals surface area contributed by atoms with Crippen molar-refractivity contribution in [1.29, 1.82) is 0 Å². The van der Waals surface area contributed by atoms with Crippen LogP contribution in [0, 0.1) is 0 Å². The van der Waals surface area contributed by atoms with Gasteiger partial charge in [-0.15, -0.1) is 10.2 Å². The topological polar surface area (TPSA) is 55.1 Å². The second kappa shape index (κ2) is 4.13. The van der Waals surface area contributed by atoms with Gasteiger partial charge >= 0.3 is 0 Å². The molecular weight excluding hydrogens is 238 g/mol. The molecule has 3 heterocycles. The first-order valence-corrected chi connectivity index (χ1v) is 6.40. The lowest BCUT2D eigenvalue weighted by atomic mass is 9.95. The summed E-state index contributed by atoms with van der Waals surface area (Å²) < 4.78 is 1.94. The number of fused-ring (bicyclic) bond motifs is 2. The van der Waals surface area contributed by atoms with Gasteiger partial charge in [0.25, 0.3) is 0 Å². The molecule has 0 aliphatic carbocycles. The molecule has 0 saturated heterocycles. The van der Waals surface area contributed by atoms with Crippen molar-refractivity contribution < 1.29 is 0 Å². The summed E-state index contributed by atoms with van der Waals surface area (Å²) in [7, 11) is 0. The van der Waals surface area contributed by atoms with Crippen molar-refractivity contribution in [3.63, 3.8) is 0 Å². The van der Waals surface area contributed by atoms with E-state index in [4.69, 9.17) is 0 Å². The van der Waals surface area contributed by atoms with E-state index in [1.807, 2.05) is 10.5 Å². The number of aromatic nitrogens is 4. The smallest absolute Gasteiger partial charge is 0.169 e. The van der Waals surface area contributed by atoms with Crippen molar-refractivity contribution in [1.82, 2.24) is 24.9 Å². The summed E-state index contributed by atoms with van der Waals surface area (Å²) in [5.41, 5.74) is 4.72. The molecule has 0 atom stereocenters. The Hall–Kier alpha value is -2.27. The lowest BCUT2D eigenvalue weighted by molar-refractivity contribution is 0.644. The van der Waals surface area contributed by atoms with Gasteiger partial charge in [-0.25, -0.2) is 4.98 Å². The number of hydrogen-bond donors (Lipinski definition) is 1. The number of hydrogen-bond acceptors (Lipinski definition) is 4. The molecule has 0 fully saturated rings. The van der Waals surface area contributed by atoms with Gasteiger partial charge in [-0.1, -0.05) is 18.2 Å². The van der Waals surface area contributed by atoms with E-state index in [1.54, 1.807) is 12.5 Å². The Balaban J connectivity index is 1.97. The monoisotopic (exact) mass is 251 g/mol. The Morgan fingerprint density at radius 1 is 1.16 bits per heavy atom. The molecule has 0 saturated carbocycles. The molecule has 1 aromatic carbocycles. The standard InChI is InChI=1S/C14H13N5/c1-2-10-8-15-6-4-11(10)12(3-1)14-18-17-13-5-7-16-9-19(13)14/h1-3,5,7,9,15H,4,6,8H2. The molecule has 5 heteroatoms. The Bertz CT molecular complexity index is 746. The van der Waals surface area contributed by atoms with Gasteiger partial charge < -0.3 is 5.32 Å². The lowest BCUT2D eigenvalue weighted by Crippen LogP contribution is -2.24. The molecule has 19 heavy (non-hydrogen) atoms. The first kappa shape index (κ1) is 10.6. The summed E-state index contributed by atoms with van der Waals surface area (Å²) in [4.78, 5) is 4.15. The Morgan fingerprint density at radius 3 is 3.16 bits per heavy atom. The molecule has 1 aliphatic heterocycles. The molecule has 2 aromatic heterocycles. The third-order valence-electron chi connectivity index (χ3n) is 3.60. The summed E-state index contributed by atoms with van der Waals surface area (Å²) in [6.07, 6.45) is 4.53. The third kappa shape index (κ3) is 1.62. The van der Waals surface area contributed by atoms with E-state index in [9.17, 15) is 0 Å². The quantitative estimate of drug-likeness (QED) is 0.711. The molecule has 0 spiro atoms. The molecule has 0 unspecified atom stereocenters. The van der Waals surface area contributed by atoms with E-state index in [-0.39, 0.29) is 0 Å². The fourth-order valence-corrected chi connectivity index (χ4v) is 2.67. The van der Waals surface area contributed by atoms with E-state index in [1.165, 1.54) is 16.7 Å². The number of rotatable bonds is 1. The zero-order valence-corrected chi connectivity index (χ0v) is 10.4. The van der Waals surface area contributed by atoms with Gasteiger partial charge in [0.2, 0.25) is 0 Å². The summed E-state index contributed by atoms with van der Waals surface area (Å²) in [6, 6.07) is 8.24. The average molecular weight is 251 g/mol. The molecule has 0 bridgehead atoms. The van der Waals surface area contributed by atoms with Gasteiger partial charge in [-0.2, -0.15) is 0 Å². The predicted molar refractivity (Wildman–Crippen MR) is 71.6 cm³/mol. The molecule has 94 valence electrons. The van der Waals surface area contributed by atoms with Gasteiger partial charge in [-0.05, 0) is 24.1 Å². The minimum atomic E-state index is 0.830. The minimum Gasteiger partial charge on any atom is -0.312 e. The fourth-order valence-electron chi connectivity index (χ4n) is 2.67. The highest BCUT2D eigenvalue weighted by atomic mass is 15.3. The van der Waals surface area contributed by atoms with E-state index in [0.29, 0.717) is 0 Å². The maximum atomic E-state index is 4.33. The van der Waals surface area contributed by atoms with Crippen LogP contribution in [0.2, 0.25) is 0 Å². The summed E-state index contributed by atoms with van der Waals surface area (Å²) in [5, 5.41) is 11.9. The van der Waals surface area contributed by atoms with Crippen molar-refractivity contribution in [3.8, 4) is 11.4 Å². The van der Waals surface area contributed by atoms with E-state index < -0.39 is 0 Å². The van der Waals surface area contributed by atoms with Crippen LogP contribution in [0.25, 0.3) is 17.0 Å². The molecule has 3 aromatic rings. The molecular formula is C14H13N5. The van der Waals surface area contributed by atoms with Crippen LogP contribution in [0.3, 0.4) is 0 Å². The highest BCUT2D eigenvalue weighted by Crippen LogP contribution is 2.27. The molecule has 5 nitrogen and oxygen atoms in total. The normalized spacial score (nSPS) is 14.5.